The molecule has 1 aromatic carbocycles. The van der Waals surface area contributed by atoms with Gasteiger partial charge in [-0.15, -0.1) is 0 Å². The number of likely N-dealkylation sites (N-methyl/N-ethyl adjacent to an activating group) is 1. The Kier molecular flexibility index (Phi) is 4.97. The smallest absolute Gasteiger partial charge is 0.198 e. The normalized spacial score (nSPS) is 20.0. The molecular formula is C20H25FN4O3. The quantitative estimate of drug-likeness (QED) is 0.594. The van der Waals surface area contributed by atoms with Gasteiger partial charge in [-0.1, -0.05) is 5.16 Å². The van der Waals surface area contributed by atoms with Crippen LogP contribution in [0.25, 0.3) is 10.9 Å². The number of piperazine rings is 1. The molecule has 0 spiro atoms. The Balaban J connectivity index is 1.91. The first kappa shape index (κ1) is 18.7. The Bertz CT molecular complexity index is 980. The predicted octanol–water partition coefficient (Wildman–Crippen LogP) is 2.22. The third-order valence-electron chi connectivity index (χ3n) is 5.38. The van der Waals surface area contributed by atoms with Gasteiger partial charge in [0, 0.05) is 32.4 Å². The summed E-state index contributed by atoms with van der Waals surface area (Å²) in [5.74, 6) is 0.0344. The van der Waals surface area contributed by atoms with E-state index in [0.717, 1.165) is 13.1 Å². The molecule has 0 radical (unpaired) electrons. The van der Waals surface area contributed by atoms with E-state index in [1.807, 2.05) is 23.3 Å². The first-order chi connectivity index (χ1) is 13.5. The Morgan fingerprint density at radius 3 is 2.82 bits per heavy atom. The number of hydrogen-bond donors (Lipinski definition) is 0. The Labute approximate surface area is 162 Å². The van der Waals surface area contributed by atoms with Crippen LogP contribution in [-0.2, 0) is 4.84 Å². The lowest BCUT2D eigenvalue weighted by Gasteiger charge is -2.37. The summed E-state index contributed by atoms with van der Waals surface area (Å²) >= 11 is 0. The zero-order valence-corrected chi connectivity index (χ0v) is 16.4. The standard InChI is InChI=1S/C20H25FN4O3/c1-4-28-22-10-14-11-25-13(2)12-27-20-17(25)15(19(14)26)9-16(21)18(20)24-7-5-23(3)6-8-24/h9-11,13H,4-8,12H2,1-3H3/t13-/m0/s1. The van der Waals surface area contributed by atoms with E-state index >= 15 is 4.39 Å². The van der Waals surface area contributed by atoms with E-state index in [4.69, 9.17) is 9.57 Å². The average Bonchev–Trinajstić information content (AvgIpc) is 2.68. The second-order valence-corrected chi connectivity index (χ2v) is 7.36. The summed E-state index contributed by atoms with van der Waals surface area (Å²) in [6, 6.07) is 1.35. The van der Waals surface area contributed by atoms with Gasteiger partial charge >= 0.3 is 0 Å². The highest BCUT2D eigenvalue weighted by atomic mass is 19.1. The van der Waals surface area contributed by atoms with Crippen LogP contribution in [0.3, 0.4) is 0 Å². The number of aromatic nitrogens is 1. The molecule has 1 atom stereocenters. The molecule has 3 heterocycles. The predicted molar refractivity (Wildman–Crippen MR) is 107 cm³/mol. The number of anilines is 1. The Morgan fingerprint density at radius 1 is 1.36 bits per heavy atom. The number of oxime groups is 1. The van der Waals surface area contributed by atoms with Gasteiger partial charge in [0.15, 0.2) is 17.0 Å². The first-order valence-corrected chi connectivity index (χ1v) is 9.64. The SMILES string of the molecule is CCON=Cc1cn2c3c(c(N4CCN(C)CC4)c(F)cc3c1=O)OC[C@@H]2C. The van der Waals surface area contributed by atoms with Crippen LogP contribution in [0.1, 0.15) is 25.5 Å². The van der Waals surface area contributed by atoms with Gasteiger partial charge in [0.1, 0.15) is 18.9 Å². The van der Waals surface area contributed by atoms with Crippen molar-refractivity contribution in [1.82, 2.24) is 9.47 Å². The summed E-state index contributed by atoms with van der Waals surface area (Å²) in [4.78, 5) is 22.2. The molecule has 150 valence electrons. The maximum Gasteiger partial charge on any atom is 0.198 e. The molecule has 0 bridgehead atoms. The summed E-state index contributed by atoms with van der Waals surface area (Å²) < 4.78 is 23.1. The van der Waals surface area contributed by atoms with Crippen molar-refractivity contribution in [3.63, 3.8) is 0 Å². The van der Waals surface area contributed by atoms with Crippen LogP contribution in [0.5, 0.6) is 5.75 Å². The Hall–Kier alpha value is -2.61. The van der Waals surface area contributed by atoms with Crippen molar-refractivity contribution in [3.8, 4) is 5.75 Å². The fourth-order valence-corrected chi connectivity index (χ4v) is 3.82. The lowest BCUT2D eigenvalue weighted by atomic mass is 10.1. The van der Waals surface area contributed by atoms with Crippen molar-refractivity contribution < 1.29 is 14.0 Å². The topological polar surface area (TPSA) is 59.3 Å². The number of hydrogen-bond acceptors (Lipinski definition) is 6. The minimum atomic E-state index is -0.427. The highest BCUT2D eigenvalue weighted by Crippen LogP contribution is 2.41. The van der Waals surface area contributed by atoms with Crippen molar-refractivity contribution in [2.24, 2.45) is 5.16 Å². The molecule has 1 saturated heterocycles. The van der Waals surface area contributed by atoms with Crippen LogP contribution >= 0.6 is 0 Å². The highest BCUT2D eigenvalue weighted by molar-refractivity contribution is 5.95. The molecule has 28 heavy (non-hydrogen) atoms. The van der Waals surface area contributed by atoms with Crippen molar-refractivity contribution >= 4 is 22.8 Å². The zero-order valence-electron chi connectivity index (χ0n) is 16.4. The molecule has 0 aliphatic carbocycles. The van der Waals surface area contributed by atoms with Gasteiger partial charge in [-0.3, -0.25) is 4.79 Å². The molecule has 0 amide bonds. The number of halogens is 1. The van der Waals surface area contributed by atoms with Gasteiger partial charge in [0.05, 0.1) is 28.7 Å². The molecule has 2 aliphatic rings. The number of pyridine rings is 1. The molecule has 8 heteroatoms. The molecule has 0 unspecified atom stereocenters. The molecule has 4 rings (SSSR count). The van der Waals surface area contributed by atoms with Gasteiger partial charge in [0.25, 0.3) is 0 Å². The van der Waals surface area contributed by atoms with E-state index < -0.39 is 5.82 Å². The molecule has 0 saturated carbocycles. The molecule has 1 aromatic heterocycles. The van der Waals surface area contributed by atoms with Crippen molar-refractivity contribution in [1.29, 1.82) is 0 Å². The van der Waals surface area contributed by atoms with Crippen LogP contribution in [0.15, 0.2) is 22.2 Å². The molecule has 0 N–H and O–H groups in total. The van der Waals surface area contributed by atoms with E-state index in [9.17, 15) is 4.79 Å². The fourth-order valence-electron chi connectivity index (χ4n) is 3.82. The van der Waals surface area contributed by atoms with Crippen LogP contribution in [0.4, 0.5) is 10.1 Å². The van der Waals surface area contributed by atoms with E-state index in [-0.39, 0.29) is 11.5 Å². The second kappa shape index (κ2) is 7.43. The van der Waals surface area contributed by atoms with Crippen molar-refractivity contribution in [2.45, 2.75) is 19.9 Å². The van der Waals surface area contributed by atoms with Gasteiger partial charge in [0.2, 0.25) is 0 Å². The van der Waals surface area contributed by atoms with Crippen LogP contribution < -0.4 is 15.1 Å². The Morgan fingerprint density at radius 2 is 2.11 bits per heavy atom. The molecular weight excluding hydrogens is 363 g/mol. The van der Waals surface area contributed by atoms with Crippen molar-refractivity contribution in [2.75, 3.05) is 51.3 Å². The summed E-state index contributed by atoms with van der Waals surface area (Å²) in [6.07, 6.45) is 3.15. The van der Waals surface area contributed by atoms with Gasteiger partial charge in [-0.2, -0.15) is 0 Å². The van der Waals surface area contributed by atoms with Crippen LogP contribution in [0, 0.1) is 5.82 Å². The minimum Gasteiger partial charge on any atom is -0.487 e. The van der Waals surface area contributed by atoms with E-state index in [0.29, 0.717) is 54.2 Å². The molecule has 2 aromatic rings. The average molecular weight is 388 g/mol. The summed E-state index contributed by atoms with van der Waals surface area (Å²) in [6.45, 7) is 7.79. The molecule has 2 aliphatic heterocycles. The van der Waals surface area contributed by atoms with E-state index in [1.165, 1.54) is 12.3 Å². The fraction of sp³-hybridized carbons (Fsp3) is 0.500. The third-order valence-corrected chi connectivity index (χ3v) is 5.38. The van der Waals surface area contributed by atoms with Gasteiger partial charge in [-0.25, -0.2) is 4.39 Å². The zero-order chi connectivity index (χ0) is 19.8. The largest absolute Gasteiger partial charge is 0.487 e. The van der Waals surface area contributed by atoms with Crippen LogP contribution in [-0.4, -0.2) is 62.1 Å². The summed E-state index contributed by atoms with van der Waals surface area (Å²) in [5, 5.41) is 4.12. The minimum absolute atomic E-state index is 0.0145. The highest BCUT2D eigenvalue weighted by Gasteiger charge is 2.29. The third kappa shape index (κ3) is 3.11. The monoisotopic (exact) mass is 388 g/mol. The maximum absolute atomic E-state index is 15.2. The second-order valence-electron chi connectivity index (χ2n) is 7.36. The van der Waals surface area contributed by atoms with Crippen molar-refractivity contribution in [3.05, 3.63) is 33.9 Å². The summed E-state index contributed by atoms with van der Waals surface area (Å²) in [7, 11) is 2.05. The van der Waals surface area contributed by atoms with Gasteiger partial charge < -0.3 is 23.9 Å². The first-order valence-electron chi connectivity index (χ1n) is 9.64. The number of rotatable bonds is 4. The lowest BCUT2D eigenvalue weighted by Crippen LogP contribution is -2.45. The number of ether oxygens (including phenoxy) is 1. The number of benzene rings is 1. The molecule has 7 nitrogen and oxygen atoms in total. The van der Waals surface area contributed by atoms with E-state index in [1.54, 1.807) is 6.20 Å². The number of nitrogens with zero attached hydrogens (tertiary/aromatic N) is 4. The van der Waals surface area contributed by atoms with Gasteiger partial charge in [-0.05, 0) is 27.0 Å². The lowest BCUT2D eigenvalue weighted by molar-refractivity contribution is 0.160. The van der Waals surface area contributed by atoms with Crippen LogP contribution in [0.2, 0.25) is 0 Å². The van der Waals surface area contributed by atoms with E-state index in [2.05, 4.69) is 17.1 Å². The maximum atomic E-state index is 15.2. The summed E-state index contributed by atoms with van der Waals surface area (Å²) in [5.41, 5.74) is 1.19. The molecule has 1 fully saturated rings.